The Bertz CT molecular complexity index is 521. The predicted octanol–water partition coefficient (Wildman–Crippen LogP) is 3.11. The van der Waals surface area contributed by atoms with Crippen LogP contribution in [0, 0.1) is 0 Å². The molecule has 0 saturated carbocycles. The van der Waals surface area contributed by atoms with E-state index in [9.17, 15) is 4.79 Å². The van der Waals surface area contributed by atoms with Gasteiger partial charge in [-0.25, -0.2) is 0 Å². The first-order valence-corrected chi connectivity index (χ1v) is 5.93. The molecule has 0 saturated heterocycles. The van der Waals surface area contributed by atoms with Gasteiger partial charge in [-0.1, -0.05) is 44.2 Å². The molecule has 0 aliphatic carbocycles. The molecule has 0 amide bonds. The molecule has 0 heterocycles. The summed E-state index contributed by atoms with van der Waals surface area (Å²) < 4.78 is 0. The molecule has 0 fully saturated rings. The van der Waals surface area contributed by atoms with Crippen molar-refractivity contribution in [2.75, 3.05) is 11.5 Å². The standard InChI is InChI=1S/C13H12N2O.C2H6/c14-11-7-6-10(8-12(11)15)13(16)9-4-2-1-3-5-9;1-2/h1-8H,14-15H2;1-2H3. The molecule has 2 aromatic carbocycles. The predicted molar refractivity (Wildman–Crippen MR) is 76.5 cm³/mol. The fourth-order valence-electron chi connectivity index (χ4n) is 1.47. The van der Waals surface area contributed by atoms with Crippen molar-refractivity contribution in [3.8, 4) is 0 Å². The lowest BCUT2D eigenvalue weighted by Gasteiger charge is -2.04. The fourth-order valence-corrected chi connectivity index (χ4v) is 1.47. The normalized spacial score (nSPS) is 9.22. The quantitative estimate of drug-likeness (QED) is 0.628. The average Bonchev–Trinajstić information content (AvgIpc) is 2.44. The number of hydrogen-bond donors (Lipinski definition) is 2. The Morgan fingerprint density at radius 2 is 1.44 bits per heavy atom. The van der Waals surface area contributed by atoms with Crippen LogP contribution in [-0.4, -0.2) is 5.78 Å². The number of nitrogen functional groups attached to an aromatic ring is 2. The lowest BCUT2D eigenvalue weighted by molar-refractivity contribution is 0.103. The minimum atomic E-state index is -0.0488. The molecule has 0 spiro atoms. The lowest BCUT2D eigenvalue weighted by atomic mass is 10.0. The summed E-state index contributed by atoms with van der Waals surface area (Å²) in [6, 6.07) is 14.0. The molecule has 94 valence electrons. The topological polar surface area (TPSA) is 69.1 Å². The number of benzene rings is 2. The molecule has 3 heteroatoms. The highest BCUT2D eigenvalue weighted by Crippen LogP contribution is 2.18. The summed E-state index contributed by atoms with van der Waals surface area (Å²) in [4.78, 5) is 12.0. The maximum absolute atomic E-state index is 12.0. The van der Waals surface area contributed by atoms with Gasteiger partial charge in [-0.05, 0) is 18.2 Å². The van der Waals surface area contributed by atoms with Crippen LogP contribution in [0.15, 0.2) is 48.5 Å². The molecule has 2 rings (SSSR count). The maximum atomic E-state index is 12.0. The number of ketones is 1. The van der Waals surface area contributed by atoms with E-state index in [4.69, 9.17) is 11.5 Å². The molecular weight excluding hydrogens is 224 g/mol. The van der Waals surface area contributed by atoms with Crippen LogP contribution < -0.4 is 11.5 Å². The summed E-state index contributed by atoms with van der Waals surface area (Å²) in [5.41, 5.74) is 13.4. The van der Waals surface area contributed by atoms with Crippen LogP contribution in [0.1, 0.15) is 29.8 Å². The maximum Gasteiger partial charge on any atom is 0.193 e. The van der Waals surface area contributed by atoms with Gasteiger partial charge in [0.25, 0.3) is 0 Å². The first-order valence-electron chi connectivity index (χ1n) is 5.93. The van der Waals surface area contributed by atoms with Gasteiger partial charge in [-0.3, -0.25) is 4.79 Å². The largest absolute Gasteiger partial charge is 0.397 e. The lowest BCUT2D eigenvalue weighted by Crippen LogP contribution is -2.03. The smallest absolute Gasteiger partial charge is 0.193 e. The van der Waals surface area contributed by atoms with Crippen molar-refractivity contribution in [1.82, 2.24) is 0 Å². The van der Waals surface area contributed by atoms with Crippen LogP contribution in [0.4, 0.5) is 11.4 Å². The number of anilines is 2. The van der Waals surface area contributed by atoms with Crippen LogP contribution in [0.5, 0.6) is 0 Å². The minimum absolute atomic E-state index is 0.0488. The zero-order chi connectivity index (χ0) is 13.5. The van der Waals surface area contributed by atoms with E-state index in [0.717, 1.165) is 0 Å². The summed E-state index contributed by atoms with van der Waals surface area (Å²) in [5.74, 6) is -0.0488. The van der Waals surface area contributed by atoms with Crippen molar-refractivity contribution in [2.24, 2.45) is 0 Å². The highest BCUT2D eigenvalue weighted by Gasteiger charge is 2.09. The molecule has 3 nitrogen and oxygen atoms in total. The number of hydrogen-bond acceptors (Lipinski definition) is 3. The van der Waals surface area contributed by atoms with Gasteiger partial charge in [0.1, 0.15) is 0 Å². The number of rotatable bonds is 2. The Hall–Kier alpha value is -2.29. The first-order chi connectivity index (χ1) is 8.68. The molecule has 0 radical (unpaired) electrons. The van der Waals surface area contributed by atoms with E-state index < -0.39 is 0 Å². The van der Waals surface area contributed by atoms with Gasteiger partial charge in [0, 0.05) is 11.1 Å². The van der Waals surface area contributed by atoms with Crippen LogP contribution in [-0.2, 0) is 0 Å². The van der Waals surface area contributed by atoms with Crippen LogP contribution in [0.3, 0.4) is 0 Å². The molecule has 0 unspecified atom stereocenters. The van der Waals surface area contributed by atoms with Crippen molar-refractivity contribution in [3.63, 3.8) is 0 Å². The number of carbonyl (C=O) groups is 1. The second-order valence-corrected chi connectivity index (χ2v) is 3.54. The van der Waals surface area contributed by atoms with Gasteiger partial charge in [0.15, 0.2) is 5.78 Å². The molecule has 4 N–H and O–H groups in total. The van der Waals surface area contributed by atoms with Crippen molar-refractivity contribution in [2.45, 2.75) is 13.8 Å². The van der Waals surface area contributed by atoms with E-state index in [1.165, 1.54) is 0 Å². The Morgan fingerprint density at radius 1 is 0.833 bits per heavy atom. The van der Waals surface area contributed by atoms with Gasteiger partial charge < -0.3 is 11.5 Å². The summed E-state index contributed by atoms with van der Waals surface area (Å²) in [7, 11) is 0. The fraction of sp³-hybridized carbons (Fsp3) is 0.133. The van der Waals surface area contributed by atoms with Crippen LogP contribution in [0.2, 0.25) is 0 Å². The molecule has 0 aliphatic heterocycles. The molecule has 0 atom stereocenters. The molecule has 0 aliphatic rings. The van der Waals surface area contributed by atoms with E-state index in [1.807, 2.05) is 32.0 Å². The average molecular weight is 242 g/mol. The highest BCUT2D eigenvalue weighted by molar-refractivity contribution is 6.09. The van der Waals surface area contributed by atoms with Crippen molar-refractivity contribution < 1.29 is 4.79 Å². The molecular formula is C15H18N2O. The van der Waals surface area contributed by atoms with Crippen molar-refractivity contribution in [3.05, 3.63) is 59.7 Å². The molecule has 2 aromatic rings. The SMILES string of the molecule is CC.Nc1ccc(C(=O)c2ccccc2)cc1N. The Kier molecular flexibility index (Phi) is 4.93. The monoisotopic (exact) mass is 242 g/mol. The number of nitrogens with two attached hydrogens (primary N) is 2. The number of carbonyl (C=O) groups excluding carboxylic acids is 1. The molecule has 18 heavy (non-hydrogen) atoms. The van der Waals surface area contributed by atoms with Crippen LogP contribution in [0.25, 0.3) is 0 Å². The molecule has 0 aromatic heterocycles. The third kappa shape index (κ3) is 3.10. The van der Waals surface area contributed by atoms with Crippen molar-refractivity contribution in [1.29, 1.82) is 0 Å². The third-order valence-corrected chi connectivity index (χ3v) is 2.38. The van der Waals surface area contributed by atoms with Gasteiger partial charge >= 0.3 is 0 Å². The van der Waals surface area contributed by atoms with Gasteiger partial charge in [-0.15, -0.1) is 0 Å². The Balaban J connectivity index is 0.000000771. The summed E-state index contributed by atoms with van der Waals surface area (Å²) >= 11 is 0. The summed E-state index contributed by atoms with van der Waals surface area (Å²) in [5, 5.41) is 0. The first kappa shape index (κ1) is 13.8. The Morgan fingerprint density at radius 3 is 2.00 bits per heavy atom. The van der Waals surface area contributed by atoms with E-state index in [0.29, 0.717) is 22.5 Å². The zero-order valence-electron chi connectivity index (χ0n) is 10.7. The molecule has 0 bridgehead atoms. The van der Waals surface area contributed by atoms with E-state index in [-0.39, 0.29) is 5.78 Å². The van der Waals surface area contributed by atoms with Crippen molar-refractivity contribution >= 4 is 17.2 Å². The van der Waals surface area contributed by atoms with Gasteiger partial charge in [-0.2, -0.15) is 0 Å². The zero-order valence-corrected chi connectivity index (χ0v) is 10.7. The van der Waals surface area contributed by atoms with E-state index in [1.54, 1.807) is 30.3 Å². The third-order valence-electron chi connectivity index (χ3n) is 2.38. The summed E-state index contributed by atoms with van der Waals surface area (Å²) in [6.45, 7) is 4.00. The highest BCUT2D eigenvalue weighted by atomic mass is 16.1. The van der Waals surface area contributed by atoms with E-state index >= 15 is 0 Å². The van der Waals surface area contributed by atoms with Gasteiger partial charge in [0.05, 0.1) is 11.4 Å². The van der Waals surface area contributed by atoms with Crippen LogP contribution >= 0.6 is 0 Å². The second-order valence-electron chi connectivity index (χ2n) is 3.54. The summed E-state index contributed by atoms with van der Waals surface area (Å²) in [6.07, 6.45) is 0. The van der Waals surface area contributed by atoms with Gasteiger partial charge in [0.2, 0.25) is 0 Å². The van der Waals surface area contributed by atoms with E-state index in [2.05, 4.69) is 0 Å². The second kappa shape index (κ2) is 6.45. The Labute approximate surface area is 107 Å². The minimum Gasteiger partial charge on any atom is -0.397 e.